The first-order valence-corrected chi connectivity index (χ1v) is 1.96. The van der Waals surface area contributed by atoms with Crippen molar-refractivity contribution in [3.05, 3.63) is 0 Å². The van der Waals surface area contributed by atoms with Crippen molar-refractivity contribution in [3.63, 3.8) is 0 Å². The third-order valence-electron chi connectivity index (χ3n) is 0.473. The Hall–Kier alpha value is -0.375. The van der Waals surface area contributed by atoms with Gasteiger partial charge in [-0.15, -0.1) is 0 Å². The molecule has 29 valence electrons. The van der Waals surface area contributed by atoms with Crippen LogP contribution in [-0.4, -0.2) is 18.6 Å². The molecule has 1 rings (SSSR count). The highest BCUT2D eigenvalue weighted by Gasteiger charge is 1.98. The van der Waals surface area contributed by atoms with Gasteiger partial charge in [-0.3, -0.25) is 0 Å². The molecule has 0 aromatic heterocycles. The Bertz CT molecular complexity index is 89.7. The minimum Gasteiger partial charge on any atom is -0.349 e. The highest BCUT2D eigenvalue weighted by molar-refractivity contribution is 7.83. The Kier molecular flexibility index (Phi) is 0.878. The maximum absolute atomic E-state index is 4.63. The summed E-state index contributed by atoms with van der Waals surface area (Å²) in [5.41, 5.74) is 0. The molecule has 1 radical (unpaired) electrons. The number of thiocarbonyl (C=S) groups is 1. The molecule has 0 spiro atoms. The van der Waals surface area contributed by atoms with E-state index in [1.807, 2.05) is 0 Å². The minimum absolute atomic E-state index is 0.690. The van der Waals surface area contributed by atoms with Crippen LogP contribution in [0, 0.1) is 0 Å². The lowest BCUT2D eigenvalue weighted by molar-refractivity contribution is 1.54. The van der Waals surface area contributed by atoms with E-state index < -0.39 is 0 Å². The normalized spacial score (nSPS) is 17.0. The molecule has 0 unspecified atom stereocenters. The lowest BCUT2D eigenvalue weighted by atomic mass is 9.99. The number of nitrogens with zero attached hydrogens (tertiary/aromatic N) is 1. The highest BCUT2D eigenvalue weighted by Crippen LogP contribution is 1.73. The van der Waals surface area contributed by atoms with Gasteiger partial charge in [-0.1, -0.05) is 12.2 Å². The summed E-state index contributed by atoms with van der Waals surface area (Å²) in [5, 5.41) is 2.70. The van der Waals surface area contributed by atoms with Crippen LogP contribution < -0.4 is 5.32 Å². The Labute approximate surface area is 41.9 Å². The first kappa shape index (κ1) is 3.80. The zero-order chi connectivity index (χ0) is 4.41. The van der Waals surface area contributed by atoms with Crippen molar-refractivity contribution in [2.24, 2.45) is 4.90 Å². The van der Waals surface area contributed by atoms with Crippen LogP contribution in [0.15, 0.2) is 4.90 Å². The maximum atomic E-state index is 4.63. The van der Waals surface area contributed by atoms with Crippen LogP contribution in [0.1, 0.15) is 0 Å². The van der Waals surface area contributed by atoms with E-state index >= 15 is 0 Å². The maximum Gasteiger partial charge on any atom is 0.348 e. The molecule has 0 aliphatic carbocycles. The number of rotatable bonds is 0. The summed E-state index contributed by atoms with van der Waals surface area (Å²) in [4.78, 5) is 4.35. The molecule has 0 aromatic rings. The molecular weight excluding hydrogens is 94.9 g/mol. The molecule has 1 aliphatic rings. The van der Waals surface area contributed by atoms with Crippen molar-refractivity contribution in [3.8, 4) is 0 Å². The summed E-state index contributed by atoms with van der Waals surface area (Å²) in [7, 11) is 1.59. The summed E-state index contributed by atoms with van der Waals surface area (Å²) in [6.45, 7) is 0. The lowest BCUT2D eigenvalue weighted by Gasteiger charge is -1.79. The van der Waals surface area contributed by atoms with E-state index in [0.717, 1.165) is 0 Å². The summed E-state index contributed by atoms with van der Waals surface area (Å²) in [6, 6.07) is 0. The van der Waals surface area contributed by atoms with E-state index in [2.05, 4.69) is 22.4 Å². The Balaban J connectivity index is 2.52. The van der Waals surface area contributed by atoms with Crippen LogP contribution >= 0.6 is 12.2 Å². The molecule has 0 amide bonds. The summed E-state index contributed by atoms with van der Waals surface area (Å²) >= 11 is 4.63. The largest absolute Gasteiger partial charge is 0.349 e. The van der Waals surface area contributed by atoms with Crippen LogP contribution in [0.4, 0.5) is 0 Å². The lowest BCUT2D eigenvalue weighted by Crippen LogP contribution is -2.15. The van der Waals surface area contributed by atoms with Gasteiger partial charge in [0, 0.05) is 0 Å². The molecule has 0 saturated heterocycles. The van der Waals surface area contributed by atoms with E-state index in [4.69, 9.17) is 0 Å². The molecular formula is C2H2BN2S. The zero-order valence-corrected chi connectivity index (χ0v) is 3.83. The smallest absolute Gasteiger partial charge is 0.348 e. The van der Waals surface area contributed by atoms with Crippen molar-refractivity contribution in [2.75, 3.05) is 0 Å². The second-order valence-corrected chi connectivity index (χ2v) is 1.36. The van der Waals surface area contributed by atoms with E-state index in [0.29, 0.717) is 4.89 Å². The Morgan fingerprint density at radius 2 is 2.83 bits per heavy atom. The summed E-state index contributed by atoms with van der Waals surface area (Å²) in [5.74, 6) is 0. The van der Waals surface area contributed by atoms with Crippen LogP contribution in [0.25, 0.3) is 0 Å². The third kappa shape index (κ3) is 0.569. The van der Waals surface area contributed by atoms with E-state index in [-0.39, 0.29) is 0 Å². The fourth-order valence-corrected chi connectivity index (χ4v) is 0.357. The molecule has 6 heavy (non-hydrogen) atoms. The van der Waals surface area contributed by atoms with Gasteiger partial charge in [0.15, 0.2) is 0 Å². The fraction of sp³-hybridized carbons (Fsp3) is 0. The van der Waals surface area contributed by atoms with Crippen molar-refractivity contribution in [1.29, 1.82) is 0 Å². The first-order valence-electron chi connectivity index (χ1n) is 1.55. The van der Waals surface area contributed by atoms with E-state index in [9.17, 15) is 0 Å². The van der Waals surface area contributed by atoms with Crippen LogP contribution in [0.3, 0.4) is 0 Å². The number of hydrogen-bond donors (Lipinski definition) is 1. The van der Waals surface area contributed by atoms with Gasteiger partial charge in [-0.25, -0.2) is 0 Å². The second kappa shape index (κ2) is 1.38. The summed E-state index contributed by atoms with van der Waals surface area (Å²) in [6.07, 6.45) is 1.56. The van der Waals surface area contributed by atoms with Gasteiger partial charge in [0.25, 0.3) is 0 Å². The van der Waals surface area contributed by atoms with Gasteiger partial charge in [-0.2, -0.15) is 0 Å². The van der Waals surface area contributed by atoms with Gasteiger partial charge in [-0.05, 0) is 0 Å². The van der Waals surface area contributed by atoms with E-state index in [1.165, 1.54) is 0 Å². The van der Waals surface area contributed by atoms with Crippen LogP contribution in [0.5, 0.6) is 0 Å². The number of nitrogens with one attached hydrogen (secondary N) is 1. The molecule has 0 fully saturated rings. The molecule has 1 N–H and O–H groups in total. The van der Waals surface area contributed by atoms with Crippen LogP contribution in [0.2, 0.25) is 0 Å². The van der Waals surface area contributed by atoms with Gasteiger partial charge in [0.2, 0.25) is 0 Å². The first-order chi connectivity index (χ1) is 2.89. The molecule has 1 aliphatic heterocycles. The van der Waals surface area contributed by atoms with Gasteiger partial charge in [0.05, 0.1) is 11.2 Å². The average molecular weight is 96.9 g/mol. The van der Waals surface area contributed by atoms with Gasteiger partial charge < -0.3 is 10.2 Å². The molecule has 0 saturated carbocycles. The molecule has 4 heteroatoms. The topological polar surface area (TPSA) is 24.4 Å². The Morgan fingerprint density at radius 1 is 2.00 bits per heavy atom. The van der Waals surface area contributed by atoms with Crippen molar-refractivity contribution < 1.29 is 0 Å². The van der Waals surface area contributed by atoms with Crippen molar-refractivity contribution in [2.45, 2.75) is 0 Å². The summed E-state index contributed by atoms with van der Waals surface area (Å²) < 4.78 is 0. The number of hydrogen-bond acceptors (Lipinski definition) is 2. The quantitative estimate of drug-likeness (QED) is 0.326. The van der Waals surface area contributed by atoms with Crippen molar-refractivity contribution >= 4 is 30.9 Å². The second-order valence-electron chi connectivity index (χ2n) is 0.916. The Morgan fingerprint density at radius 3 is 3.00 bits per heavy atom. The fourth-order valence-electron chi connectivity index (χ4n) is 0.243. The predicted octanol–water partition coefficient (Wildman–Crippen LogP) is -0.478. The average Bonchev–Trinajstić information content (AvgIpc) is 1.86. The molecule has 0 atom stereocenters. The molecule has 2 nitrogen and oxygen atoms in total. The van der Waals surface area contributed by atoms with Gasteiger partial charge >= 0.3 is 7.41 Å². The molecule has 1 heterocycles. The highest BCUT2D eigenvalue weighted by atomic mass is 32.1. The van der Waals surface area contributed by atoms with E-state index in [1.54, 1.807) is 13.8 Å². The standard InChI is InChI=1S/C2H2BN2S/c6-2-3-5-1-4-2/h1H,(H,4,5,6). The minimum atomic E-state index is 0.690. The SMILES string of the molecule is S=C1[B]N=CN1. The van der Waals surface area contributed by atoms with Gasteiger partial charge in [0.1, 0.15) is 0 Å². The predicted molar refractivity (Wildman–Crippen MR) is 30.0 cm³/mol. The third-order valence-corrected chi connectivity index (χ3v) is 0.696. The van der Waals surface area contributed by atoms with Crippen molar-refractivity contribution in [1.82, 2.24) is 5.32 Å². The zero-order valence-electron chi connectivity index (χ0n) is 3.01. The monoisotopic (exact) mass is 97.0 g/mol. The molecule has 0 aromatic carbocycles. The van der Waals surface area contributed by atoms with Crippen LogP contribution in [-0.2, 0) is 0 Å². The molecule has 0 bridgehead atoms.